The highest BCUT2D eigenvalue weighted by Gasteiger charge is 2.31. The van der Waals surface area contributed by atoms with Gasteiger partial charge in [0.15, 0.2) is 0 Å². The molecule has 0 aliphatic carbocycles. The van der Waals surface area contributed by atoms with Crippen LogP contribution in [-0.4, -0.2) is 48.8 Å². The van der Waals surface area contributed by atoms with E-state index in [2.05, 4.69) is 4.90 Å². The quantitative estimate of drug-likeness (QED) is 0.881. The van der Waals surface area contributed by atoms with Crippen molar-refractivity contribution in [3.63, 3.8) is 0 Å². The van der Waals surface area contributed by atoms with E-state index >= 15 is 0 Å². The van der Waals surface area contributed by atoms with Crippen molar-refractivity contribution in [1.29, 1.82) is 0 Å². The lowest BCUT2D eigenvalue weighted by atomic mass is 10.1. The zero-order chi connectivity index (χ0) is 18.6. The number of anilines is 1. The molecule has 2 aromatic rings. The van der Waals surface area contributed by atoms with Crippen LogP contribution in [0.15, 0.2) is 54.6 Å². The molecular formula is C20H23F3N2O. The summed E-state index contributed by atoms with van der Waals surface area (Å²) in [6.45, 7) is 3.33. The van der Waals surface area contributed by atoms with Crippen molar-refractivity contribution >= 4 is 5.69 Å². The van der Waals surface area contributed by atoms with E-state index in [4.69, 9.17) is 0 Å². The first kappa shape index (κ1) is 18.7. The molecular weight excluding hydrogens is 341 g/mol. The molecule has 1 heterocycles. The first-order valence-electron chi connectivity index (χ1n) is 8.78. The van der Waals surface area contributed by atoms with Crippen LogP contribution in [0.25, 0.3) is 0 Å². The van der Waals surface area contributed by atoms with E-state index in [1.54, 1.807) is 6.07 Å². The summed E-state index contributed by atoms with van der Waals surface area (Å²) in [7, 11) is 0. The summed E-state index contributed by atoms with van der Waals surface area (Å²) in [6, 6.07) is 15.3. The average Bonchev–Trinajstić information content (AvgIpc) is 2.62. The maximum absolute atomic E-state index is 12.9. The molecule has 1 N–H and O–H groups in total. The minimum absolute atomic E-state index is 0.447. The van der Waals surface area contributed by atoms with Gasteiger partial charge in [-0.1, -0.05) is 36.4 Å². The zero-order valence-corrected chi connectivity index (χ0v) is 14.5. The number of aliphatic hydroxyl groups excluding tert-OH is 1. The third-order valence-corrected chi connectivity index (χ3v) is 4.69. The van der Waals surface area contributed by atoms with Crippen molar-refractivity contribution in [3.8, 4) is 0 Å². The molecule has 3 rings (SSSR count). The molecule has 0 bridgehead atoms. The molecule has 0 spiro atoms. The van der Waals surface area contributed by atoms with Crippen molar-refractivity contribution < 1.29 is 18.3 Å². The Bertz CT molecular complexity index is 698. The average molecular weight is 364 g/mol. The highest BCUT2D eigenvalue weighted by Crippen LogP contribution is 2.31. The molecule has 3 nitrogen and oxygen atoms in total. The second-order valence-corrected chi connectivity index (χ2v) is 6.68. The Morgan fingerprint density at radius 1 is 0.923 bits per heavy atom. The monoisotopic (exact) mass is 364 g/mol. The van der Waals surface area contributed by atoms with E-state index < -0.39 is 17.8 Å². The van der Waals surface area contributed by atoms with Gasteiger partial charge in [-0.3, -0.25) is 4.90 Å². The molecule has 1 aliphatic rings. The molecule has 0 aromatic heterocycles. The first-order chi connectivity index (χ1) is 12.4. The number of nitrogens with zero attached hydrogens (tertiary/aromatic N) is 2. The normalized spacial score (nSPS) is 17.3. The third kappa shape index (κ3) is 4.99. The lowest BCUT2D eigenvalue weighted by Gasteiger charge is -2.37. The molecule has 0 saturated carbocycles. The molecule has 0 amide bonds. The van der Waals surface area contributed by atoms with Crippen molar-refractivity contribution in [2.75, 3.05) is 37.6 Å². The number of benzene rings is 2. The number of aliphatic hydroxyl groups is 1. The summed E-state index contributed by atoms with van der Waals surface area (Å²) in [5, 5.41) is 10.3. The Morgan fingerprint density at radius 2 is 1.62 bits per heavy atom. The van der Waals surface area contributed by atoms with Gasteiger partial charge in [0.05, 0.1) is 11.7 Å². The van der Waals surface area contributed by atoms with Gasteiger partial charge in [0, 0.05) is 38.4 Å². The van der Waals surface area contributed by atoms with Gasteiger partial charge in [-0.05, 0) is 30.2 Å². The van der Waals surface area contributed by atoms with Gasteiger partial charge in [0.2, 0.25) is 0 Å². The van der Waals surface area contributed by atoms with Crippen LogP contribution in [0.5, 0.6) is 0 Å². The third-order valence-electron chi connectivity index (χ3n) is 4.69. The SMILES string of the molecule is OC(Cc1ccccc1)CN1CCN(c2cccc(C(F)(F)F)c2)CC1. The maximum Gasteiger partial charge on any atom is 0.416 e. The molecule has 1 saturated heterocycles. The van der Waals surface area contributed by atoms with Gasteiger partial charge in [-0.25, -0.2) is 0 Å². The summed E-state index contributed by atoms with van der Waals surface area (Å²) in [4.78, 5) is 4.13. The maximum atomic E-state index is 12.9. The van der Waals surface area contributed by atoms with Crippen molar-refractivity contribution in [2.24, 2.45) is 0 Å². The van der Waals surface area contributed by atoms with Crippen molar-refractivity contribution in [1.82, 2.24) is 4.90 Å². The summed E-state index contributed by atoms with van der Waals surface area (Å²) in [6.07, 6.45) is -4.16. The van der Waals surface area contributed by atoms with Crippen LogP contribution in [-0.2, 0) is 12.6 Å². The molecule has 1 unspecified atom stereocenters. The Hall–Kier alpha value is -2.05. The van der Waals surface area contributed by atoms with E-state index in [0.717, 1.165) is 24.7 Å². The van der Waals surface area contributed by atoms with Gasteiger partial charge >= 0.3 is 6.18 Å². The molecule has 1 atom stereocenters. The van der Waals surface area contributed by atoms with Crippen LogP contribution in [0.3, 0.4) is 0 Å². The van der Waals surface area contributed by atoms with Crippen LogP contribution in [0.1, 0.15) is 11.1 Å². The van der Waals surface area contributed by atoms with Gasteiger partial charge < -0.3 is 10.0 Å². The van der Waals surface area contributed by atoms with Crippen LogP contribution in [0, 0.1) is 0 Å². The van der Waals surface area contributed by atoms with Crippen LogP contribution < -0.4 is 4.90 Å². The smallest absolute Gasteiger partial charge is 0.391 e. The summed E-state index contributed by atoms with van der Waals surface area (Å²) in [5.41, 5.74) is 1.09. The Labute approximate surface area is 151 Å². The standard InChI is InChI=1S/C20H23F3N2O/c21-20(22,23)17-7-4-8-18(14-17)25-11-9-24(10-12-25)15-19(26)13-16-5-2-1-3-6-16/h1-8,14,19,26H,9-13,15H2. The van der Waals surface area contributed by atoms with Gasteiger partial charge in [0.1, 0.15) is 0 Å². The second-order valence-electron chi connectivity index (χ2n) is 6.68. The fraction of sp³-hybridized carbons (Fsp3) is 0.400. The second kappa shape index (κ2) is 8.10. The van der Waals surface area contributed by atoms with Crippen molar-refractivity contribution in [3.05, 3.63) is 65.7 Å². The van der Waals surface area contributed by atoms with Crippen LogP contribution >= 0.6 is 0 Å². The van der Waals surface area contributed by atoms with Crippen LogP contribution in [0.4, 0.5) is 18.9 Å². The minimum Gasteiger partial charge on any atom is -0.391 e. The fourth-order valence-corrected chi connectivity index (χ4v) is 3.32. The molecule has 1 fully saturated rings. The number of halogens is 3. The summed E-state index contributed by atoms with van der Waals surface area (Å²) >= 11 is 0. The lowest BCUT2D eigenvalue weighted by Crippen LogP contribution is -2.48. The van der Waals surface area contributed by atoms with Gasteiger partial charge in [-0.15, -0.1) is 0 Å². The largest absolute Gasteiger partial charge is 0.416 e. The first-order valence-corrected chi connectivity index (χ1v) is 8.78. The van der Waals surface area contributed by atoms with E-state index in [0.29, 0.717) is 31.7 Å². The van der Waals surface area contributed by atoms with Gasteiger partial charge in [-0.2, -0.15) is 13.2 Å². The number of rotatable bonds is 5. The molecule has 26 heavy (non-hydrogen) atoms. The molecule has 2 aromatic carbocycles. The number of β-amino-alcohol motifs (C(OH)–C–C–N with tert-alkyl or cyclic N) is 1. The minimum atomic E-state index is -4.32. The number of hydrogen-bond acceptors (Lipinski definition) is 3. The summed E-state index contributed by atoms with van der Waals surface area (Å²) in [5.74, 6) is 0. The van der Waals surface area contributed by atoms with E-state index in [9.17, 15) is 18.3 Å². The molecule has 6 heteroatoms. The van der Waals surface area contributed by atoms with Crippen molar-refractivity contribution in [2.45, 2.75) is 18.7 Å². The lowest BCUT2D eigenvalue weighted by molar-refractivity contribution is -0.137. The Morgan fingerprint density at radius 3 is 2.27 bits per heavy atom. The predicted molar refractivity (Wildman–Crippen MR) is 96.2 cm³/mol. The number of alkyl halides is 3. The molecule has 140 valence electrons. The summed E-state index contributed by atoms with van der Waals surface area (Å²) < 4.78 is 38.6. The fourth-order valence-electron chi connectivity index (χ4n) is 3.32. The van der Waals surface area contributed by atoms with E-state index in [-0.39, 0.29) is 0 Å². The highest BCUT2D eigenvalue weighted by molar-refractivity contribution is 5.49. The highest BCUT2D eigenvalue weighted by atomic mass is 19.4. The topological polar surface area (TPSA) is 26.7 Å². The molecule has 1 aliphatic heterocycles. The molecule has 0 radical (unpaired) electrons. The van der Waals surface area contributed by atoms with E-state index in [1.807, 2.05) is 35.2 Å². The number of piperazine rings is 1. The Balaban J connectivity index is 1.51. The number of hydrogen-bond donors (Lipinski definition) is 1. The van der Waals surface area contributed by atoms with E-state index in [1.165, 1.54) is 12.1 Å². The zero-order valence-electron chi connectivity index (χ0n) is 14.5. The Kier molecular flexibility index (Phi) is 5.84. The van der Waals surface area contributed by atoms with Crippen LogP contribution in [0.2, 0.25) is 0 Å². The van der Waals surface area contributed by atoms with Gasteiger partial charge in [0.25, 0.3) is 0 Å². The predicted octanol–water partition coefficient (Wildman–Crippen LogP) is 3.43.